The largest absolute Gasteiger partial charge is 0.339 e. The van der Waals surface area contributed by atoms with Gasteiger partial charge in [0.15, 0.2) is 0 Å². The third-order valence-electron chi connectivity index (χ3n) is 5.50. The molecule has 5 rings (SSSR count). The Bertz CT molecular complexity index is 1070. The van der Waals surface area contributed by atoms with Crippen molar-refractivity contribution < 1.29 is 12.9 Å². The maximum atomic E-state index is 12.8. The highest BCUT2D eigenvalue weighted by Gasteiger charge is 2.48. The van der Waals surface area contributed by atoms with E-state index in [9.17, 15) is 8.42 Å². The maximum absolute atomic E-state index is 12.8. The van der Waals surface area contributed by atoms with Crippen molar-refractivity contribution in [3.63, 3.8) is 0 Å². The lowest BCUT2D eigenvalue weighted by Gasteiger charge is -2.16. The van der Waals surface area contributed by atoms with E-state index in [0.717, 1.165) is 24.0 Å². The molecule has 1 saturated heterocycles. The van der Waals surface area contributed by atoms with Gasteiger partial charge in [-0.05, 0) is 24.5 Å². The van der Waals surface area contributed by atoms with Gasteiger partial charge in [0.1, 0.15) is 0 Å². The van der Waals surface area contributed by atoms with E-state index >= 15 is 0 Å². The van der Waals surface area contributed by atoms with Crippen LogP contribution in [0.4, 0.5) is 0 Å². The minimum atomic E-state index is -3.27. The van der Waals surface area contributed by atoms with E-state index in [4.69, 9.17) is 4.52 Å². The summed E-state index contributed by atoms with van der Waals surface area (Å²) in [5, 5.41) is 3.89. The molecular formula is C20H20N4O3S. The van der Waals surface area contributed by atoms with Crippen molar-refractivity contribution in [2.24, 2.45) is 0 Å². The lowest BCUT2D eigenvalue weighted by molar-refractivity contribution is 0.348. The highest BCUT2D eigenvalue weighted by atomic mass is 32.2. The predicted octanol–water partition coefficient (Wildman–Crippen LogP) is 2.81. The molecule has 3 aromatic rings. The molecule has 0 N–H and O–H groups in total. The van der Waals surface area contributed by atoms with E-state index in [-0.39, 0.29) is 17.1 Å². The summed E-state index contributed by atoms with van der Waals surface area (Å²) in [5.74, 6) is 0.735. The van der Waals surface area contributed by atoms with Gasteiger partial charge < -0.3 is 4.52 Å². The quantitative estimate of drug-likeness (QED) is 0.659. The van der Waals surface area contributed by atoms with Crippen molar-refractivity contribution in [3.8, 4) is 11.4 Å². The minimum absolute atomic E-state index is 0.0636. The average Bonchev–Trinajstić information content (AvgIpc) is 3.32. The third-order valence-corrected chi connectivity index (χ3v) is 7.83. The zero-order valence-corrected chi connectivity index (χ0v) is 16.0. The number of pyridine rings is 1. The van der Waals surface area contributed by atoms with Crippen molar-refractivity contribution in [3.05, 3.63) is 66.3 Å². The molecule has 2 aromatic heterocycles. The number of hydrogen-bond donors (Lipinski definition) is 0. The van der Waals surface area contributed by atoms with Crippen molar-refractivity contribution in [2.75, 3.05) is 13.1 Å². The zero-order chi connectivity index (χ0) is 19.1. The Labute approximate surface area is 163 Å². The smallest absolute Gasteiger partial charge is 0.232 e. The number of benzene rings is 1. The van der Waals surface area contributed by atoms with Crippen LogP contribution in [0, 0.1) is 0 Å². The number of nitrogens with zero attached hydrogens (tertiary/aromatic N) is 4. The molecule has 1 aromatic carbocycles. The Morgan fingerprint density at radius 1 is 1.00 bits per heavy atom. The lowest BCUT2D eigenvalue weighted by atomic mass is 9.90. The van der Waals surface area contributed by atoms with Gasteiger partial charge in [-0.2, -0.15) is 4.98 Å². The maximum Gasteiger partial charge on any atom is 0.232 e. The monoisotopic (exact) mass is 396 g/mol. The summed E-state index contributed by atoms with van der Waals surface area (Å²) in [6.45, 7) is 0.771. The average molecular weight is 396 g/mol. The van der Waals surface area contributed by atoms with E-state index in [2.05, 4.69) is 15.1 Å². The summed E-state index contributed by atoms with van der Waals surface area (Å²) < 4.78 is 32.8. The number of hydrogen-bond acceptors (Lipinski definition) is 6. The topological polar surface area (TPSA) is 89.2 Å². The van der Waals surface area contributed by atoms with Crippen LogP contribution in [0.1, 0.15) is 36.1 Å². The molecule has 0 bridgehead atoms. The first-order chi connectivity index (χ1) is 13.6. The first-order valence-corrected chi connectivity index (χ1v) is 10.9. The standard InChI is InChI=1S/C20H20N4O3S/c25-28(26,16-8-9-16)24-12-17(15-7-4-10-21-11-15)18(13-24)20-22-19(23-27-20)14-5-2-1-3-6-14/h1-7,10-11,16-18H,8-9,12-13H2/t17-,18+/m0/s1. The molecule has 2 aliphatic rings. The van der Waals surface area contributed by atoms with Crippen LogP contribution in [-0.4, -0.2) is 46.2 Å². The van der Waals surface area contributed by atoms with Crippen molar-refractivity contribution in [2.45, 2.75) is 29.9 Å². The van der Waals surface area contributed by atoms with Gasteiger partial charge in [-0.25, -0.2) is 12.7 Å². The van der Waals surface area contributed by atoms with Crippen LogP contribution >= 0.6 is 0 Å². The minimum Gasteiger partial charge on any atom is -0.339 e. The molecule has 28 heavy (non-hydrogen) atoms. The predicted molar refractivity (Wildman–Crippen MR) is 103 cm³/mol. The Balaban J connectivity index is 1.49. The number of sulfonamides is 1. The van der Waals surface area contributed by atoms with Gasteiger partial charge in [-0.15, -0.1) is 0 Å². The van der Waals surface area contributed by atoms with Gasteiger partial charge in [0.2, 0.25) is 21.7 Å². The van der Waals surface area contributed by atoms with E-state index in [1.807, 2.05) is 42.5 Å². The van der Waals surface area contributed by atoms with Crippen molar-refractivity contribution in [1.29, 1.82) is 0 Å². The Morgan fingerprint density at radius 2 is 1.79 bits per heavy atom. The van der Waals surface area contributed by atoms with Crippen molar-refractivity contribution >= 4 is 10.0 Å². The van der Waals surface area contributed by atoms with E-state index in [1.54, 1.807) is 16.7 Å². The van der Waals surface area contributed by atoms with Crippen LogP contribution in [-0.2, 0) is 10.0 Å². The SMILES string of the molecule is O=S(=O)(C1CC1)N1C[C@@H](c2cccnc2)[C@H](c2nc(-c3ccccc3)no2)C1. The fourth-order valence-electron chi connectivity index (χ4n) is 3.83. The van der Waals surface area contributed by atoms with Gasteiger partial charge in [0.25, 0.3) is 0 Å². The molecule has 0 radical (unpaired) electrons. The molecule has 1 aliphatic heterocycles. The number of aromatic nitrogens is 3. The fraction of sp³-hybridized carbons (Fsp3) is 0.350. The Morgan fingerprint density at radius 3 is 2.50 bits per heavy atom. The third kappa shape index (κ3) is 3.12. The second-order valence-corrected chi connectivity index (χ2v) is 9.60. The highest BCUT2D eigenvalue weighted by Crippen LogP contribution is 2.43. The van der Waals surface area contributed by atoms with Crippen LogP contribution in [0.5, 0.6) is 0 Å². The van der Waals surface area contributed by atoms with Gasteiger partial charge in [-0.1, -0.05) is 41.6 Å². The molecule has 3 heterocycles. The lowest BCUT2D eigenvalue weighted by Crippen LogP contribution is -2.31. The zero-order valence-electron chi connectivity index (χ0n) is 15.2. The molecule has 1 saturated carbocycles. The molecule has 2 fully saturated rings. The normalized spacial score (nSPS) is 23.1. The Hall–Kier alpha value is -2.58. The summed E-state index contributed by atoms with van der Waals surface area (Å²) >= 11 is 0. The number of rotatable bonds is 5. The van der Waals surface area contributed by atoms with Crippen LogP contribution in [0.15, 0.2) is 59.4 Å². The van der Waals surface area contributed by atoms with Crippen LogP contribution in [0.25, 0.3) is 11.4 Å². The Kier molecular flexibility index (Phi) is 4.25. The molecule has 1 aliphatic carbocycles. The molecule has 144 valence electrons. The fourth-order valence-corrected chi connectivity index (χ4v) is 5.72. The van der Waals surface area contributed by atoms with E-state index < -0.39 is 10.0 Å². The summed E-state index contributed by atoms with van der Waals surface area (Å²) in [7, 11) is -3.27. The van der Waals surface area contributed by atoms with E-state index in [0.29, 0.717) is 24.8 Å². The molecule has 8 heteroatoms. The van der Waals surface area contributed by atoms with Gasteiger partial charge in [0.05, 0.1) is 11.2 Å². The summed E-state index contributed by atoms with van der Waals surface area (Å²) in [6, 6.07) is 13.5. The second kappa shape index (κ2) is 6.79. The van der Waals surface area contributed by atoms with Gasteiger partial charge in [0, 0.05) is 37.0 Å². The van der Waals surface area contributed by atoms with Crippen LogP contribution in [0.3, 0.4) is 0 Å². The molecule has 0 unspecified atom stereocenters. The molecule has 2 atom stereocenters. The van der Waals surface area contributed by atoms with Crippen molar-refractivity contribution in [1.82, 2.24) is 19.4 Å². The first kappa shape index (κ1) is 17.5. The summed E-state index contributed by atoms with van der Waals surface area (Å²) in [6.07, 6.45) is 5.01. The van der Waals surface area contributed by atoms with Gasteiger partial charge in [-0.3, -0.25) is 4.98 Å². The van der Waals surface area contributed by atoms with Crippen LogP contribution < -0.4 is 0 Å². The summed E-state index contributed by atoms with van der Waals surface area (Å²) in [5.41, 5.74) is 1.86. The van der Waals surface area contributed by atoms with E-state index in [1.165, 1.54) is 0 Å². The molecule has 0 amide bonds. The molecule has 7 nitrogen and oxygen atoms in total. The summed E-state index contributed by atoms with van der Waals surface area (Å²) in [4.78, 5) is 8.81. The second-order valence-electron chi connectivity index (χ2n) is 7.38. The van der Waals surface area contributed by atoms with Crippen LogP contribution in [0.2, 0.25) is 0 Å². The first-order valence-electron chi connectivity index (χ1n) is 9.41. The molecular weight excluding hydrogens is 376 g/mol. The molecule has 0 spiro atoms. The van der Waals surface area contributed by atoms with Gasteiger partial charge >= 0.3 is 0 Å². The highest BCUT2D eigenvalue weighted by molar-refractivity contribution is 7.90.